The Balaban J connectivity index is 1.63. The van der Waals surface area contributed by atoms with Crippen molar-refractivity contribution in [2.45, 2.75) is 58.0 Å². The number of benzene rings is 1. The van der Waals surface area contributed by atoms with Gasteiger partial charge in [0.15, 0.2) is 0 Å². The Kier molecular flexibility index (Phi) is 7.33. The summed E-state index contributed by atoms with van der Waals surface area (Å²) in [6.07, 6.45) is 2.50. The molecule has 0 bridgehead atoms. The van der Waals surface area contributed by atoms with E-state index in [9.17, 15) is 14.4 Å². The maximum atomic E-state index is 12.2. The number of piperidine rings is 2. The van der Waals surface area contributed by atoms with Gasteiger partial charge in [0.05, 0.1) is 18.2 Å². The van der Waals surface area contributed by atoms with Gasteiger partial charge in [-0.25, -0.2) is 0 Å². The second-order valence-electron chi connectivity index (χ2n) is 9.61. The largest absolute Gasteiger partial charge is 0.459 e. The predicted octanol–water partition coefficient (Wildman–Crippen LogP) is 2.67. The van der Waals surface area contributed by atoms with Crippen LogP contribution in [0.3, 0.4) is 0 Å². The number of rotatable bonds is 6. The second-order valence-corrected chi connectivity index (χ2v) is 9.61. The molecule has 1 aromatic carbocycles. The van der Waals surface area contributed by atoms with Crippen LogP contribution in [-0.4, -0.2) is 60.7 Å². The van der Waals surface area contributed by atoms with Crippen molar-refractivity contribution in [1.29, 1.82) is 5.41 Å². The highest BCUT2D eigenvalue weighted by atomic mass is 16.6. The number of likely N-dealkylation sites (tertiary alicyclic amines) is 1. The SMILES string of the molecule is CNc1cc(C2CCN(CC(=O)OC(C)(C)C)CC2)ccc1C(=N)C1CCC(=O)NC1=O. The lowest BCUT2D eigenvalue weighted by Gasteiger charge is -2.32. The predicted molar refractivity (Wildman–Crippen MR) is 123 cm³/mol. The molecule has 1 atom stereocenters. The standard InChI is InChI=1S/C24H34N4O4/c1-24(2,3)32-21(30)14-28-11-9-15(10-12-28)16-5-6-17(19(13-16)26-4)22(25)18-7-8-20(29)27-23(18)31/h5-6,13,15,18,25-26H,7-12,14H2,1-4H3,(H,27,29,31). The molecule has 2 amide bonds. The van der Waals surface area contributed by atoms with Crippen LogP contribution in [0, 0.1) is 11.3 Å². The van der Waals surface area contributed by atoms with Crippen molar-refractivity contribution in [2.24, 2.45) is 5.92 Å². The molecule has 2 heterocycles. The molecule has 2 aliphatic rings. The Morgan fingerprint density at radius 1 is 1.22 bits per heavy atom. The van der Waals surface area contributed by atoms with Crippen LogP contribution in [0.25, 0.3) is 0 Å². The van der Waals surface area contributed by atoms with Crippen LogP contribution < -0.4 is 10.6 Å². The normalized spacial score (nSPS) is 20.6. The fraction of sp³-hybridized carbons (Fsp3) is 0.583. The molecule has 1 unspecified atom stereocenters. The molecule has 0 aliphatic carbocycles. The molecule has 32 heavy (non-hydrogen) atoms. The van der Waals surface area contributed by atoms with Gasteiger partial charge in [0.1, 0.15) is 5.60 Å². The number of nitrogens with one attached hydrogen (secondary N) is 3. The number of ether oxygens (including phenoxy) is 1. The molecular weight excluding hydrogens is 408 g/mol. The first-order valence-corrected chi connectivity index (χ1v) is 11.3. The van der Waals surface area contributed by atoms with Crippen LogP contribution in [0.2, 0.25) is 0 Å². The molecule has 2 saturated heterocycles. The lowest BCUT2D eigenvalue weighted by molar-refractivity contribution is -0.156. The Hall–Kier alpha value is -2.74. The molecule has 0 spiro atoms. The number of anilines is 1. The van der Waals surface area contributed by atoms with Gasteiger partial charge in [-0.1, -0.05) is 12.1 Å². The highest BCUT2D eigenvalue weighted by molar-refractivity contribution is 6.17. The number of amides is 2. The molecule has 174 valence electrons. The summed E-state index contributed by atoms with van der Waals surface area (Å²) in [5.41, 5.74) is 2.45. The first-order valence-electron chi connectivity index (χ1n) is 11.3. The minimum Gasteiger partial charge on any atom is -0.459 e. The summed E-state index contributed by atoms with van der Waals surface area (Å²) in [7, 11) is 1.81. The molecule has 3 N–H and O–H groups in total. The van der Waals surface area contributed by atoms with Crippen LogP contribution in [0.4, 0.5) is 5.69 Å². The zero-order valence-corrected chi connectivity index (χ0v) is 19.4. The molecule has 0 saturated carbocycles. The van der Waals surface area contributed by atoms with E-state index in [-0.39, 0.29) is 24.0 Å². The van der Waals surface area contributed by atoms with E-state index in [4.69, 9.17) is 10.1 Å². The molecule has 0 radical (unpaired) electrons. The fourth-order valence-corrected chi connectivity index (χ4v) is 4.39. The number of hydrogen-bond donors (Lipinski definition) is 3. The molecule has 2 fully saturated rings. The number of imide groups is 1. The van der Waals surface area contributed by atoms with Gasteiger partial charge in [0, 0.05) is 24.7 Å². The number of carbonyl (C=O) groups excluding carboxylic acids is 3. The van der Waals surface area contributed by atoms with Gasteiger partial charge in [-0.15, -0.1) is 0 Å². The van der Waals surface area contributed by atoms with Crippen LogP contribution in [-0.2, 0) is 19.1 Å². The fourth-order valence-electron chi connectivity index (χ4n) is 4.39. The minimum atomic E-state index is -0.609. The Morgan fingerprint density at radius 2 is 1.91 bits per heavy atom. The summed E-state index contributed by atoms with van der Waals surface area (Å²) < 4.78 is 5.43. The molecule has 2 aliphatic heterocycles. The van der Waals surface area contributed by atoms with Crippen molar-refractivity contribution in [1.82, 2.24) is 10.2 Å². The van der Waals surface area contributed by atoms with Gasteiger partial charge in [0.2, 0.25) is 11.8 Å². The maximum Gasteiger partial charge on any atom is 0.320 e. The first kappa shape index (κ1) is 23.9. The van der Waals surface area contributed by atoms with Gasteiger partial charge in [-0.2, -0.15) is 0 Å². The average Bonchev–Trinajstić information content (AvgIpc) is 2.72. The molecule has 0 aromatic heterocycles. The summed E-state index contributed by atoms with van der Waals surface area (Å²) in [6.45, 7) is 7.59. The number of carbonyl (C=O) groups is 3. The Bertz CT molecular complexity index is 898. The van der Waals surface area contributed by atoms with Crippen molar-refractivity contribution >= 4 is 29.2 Å². The van der Waals surface area contributed by atoms with Crippen LogP contribution in [0.5, 0.6) is 0 Å². The van der Waals surface area contributed by atoms with Crippen molar-refractivity contribution in [3.63, 3.8) is 0 Å². The smallest absolute Gasteiger partial charge is 0.320 e. The van der Waals surface area contributed by atoms with Crippen LogP contribution in [0.1, 0.15) is 63.5 Å². The van der Waals surface area contributed by atoms with E-state index in [1.807, 2.05) is 40.0 Å². The quantitative estimate of drug-likeness (QED) is 0.355. The van der Waals surface area contributed by atoms with Crippen molar-refractivity contribution in [2.75, 3.05) is 32.0 Å². The second kappa shape index (κ2) is 9.81. The van der Waals surface area contributed by atoms with E-state index in [0.717, 1.165) is 31.6 Å². The maximum absolute atomic E-state index is 12.2. The van der Waals surface area contributed by atoms with Gasteiger partial charge in [-0.3, -0.25) is 24.6 Å². The van der Waals surface area contributed by atoms with Crippen molar-refractivity contribution in [3.05, 3.63) is 29.3 Å². The first-order chi connectivity index (χ1) is 15.1. The topological polar surface area (TPSA) is 112 Å². The van der Waals surface area contributed by atoms with Gasteiger partial charge < -0.3 is 15.5 Å². The molecule has 1 aromatic rings. The summed E-state index contributed by atoms with van der Waals surface area (Å²) in [5.74, 6) is -1.10. The lowest BCUT2D eigenvalue weighted by atomic mass is 9.85. The molecule has 8 heteroatoms. The third-order valence-corrected chi connectivity index (χ3v) is 6.02. The zero-order chi connectivity index (χ0) is 23.5. The third-order valence-electron chi connectivity index (χ3n) is 6.02. The molecular formula is C24H34N4O4. The summed E-state index contributed by atoms with van der Waals surface area (Å²) in [4.78, 5) is 37.8. The average molecular weight is 443 g/mol. The van der Waals surface area contributed by atoms with E-state index in [1.54, 1.807) is 0 Å². The van der Waals surface area contributed by atoms with E-state index < -0.39 is 17.4 Å². The number of hydrogen-bond acceptors (Lipinski definition) is 7. The molecule has 8 nitrogen and oxygen atoms in total. The van der Waals surface area contributed by atoms with Crippen molar-refractivity contribution < 1.29 is 19.1 Å². The summed E-state index contributed by atoms with van der Waals surface area (Å²) >= 11 is 0. The monoisotopic (exact) mass is 442 g/mol. The minimum absolute atomic E-state index is 0.190. The van der Waals surface area contributed by atoms with E-state index in [1.165, 1.54) is 5.56 Å². The highest BCUT2D eigenvalue weighted by Crippen LogP contribution is 2.32. The number of nitrogens with zero attached hydrogens (tertiary/aromatic N) is 1. The molecule has 3 rings (SSSR count). The van der Waals surface area contributed by atoms with Gasteiger partial charge >= 0.3 is 5.97 Å². The Morgan fingerprint density at radius 3 is 2.50 bits per heavy atom. The zero-order valence-electron chi connectivity index (χ0n) is 19.4. The van der Waals surface area contributed by atoms with Crippen molar-refractivity contribution in [3.8, 4) is 0 Å². The van der Waals surface area contributed by atoms with E-state index >= 15 is 0 Å². The summed E-state index contributed by atoms with van der Waals surface area (Å²) in [5, 5.41) is 14.1. The third kappa shape index (κ3) is 5.94. The van der Waals surface area contributed by atoms with Crippen LogP contribution in [0.15, 0.2) is 18.2 Å². The lowest BCUT2D eigenvalue weighted by Crippen LogP contribution is -2.44. The highest BCUT2D eigenvalue weighted by Gasteiger charge is 2.32. The number of esters is 1. The van der Waals surface area contributed by atoms with Gasteiger partial charge in [0.25, 0.3) is 0 Å². The van der Waals surface area contributed by atoms with Gasteiger partial charge in [-0.05, 0) is 70.7 Å². The van der Waals surface area contributed by atoms with Crippen LogP contribution >= 0.6 is 0 Å². The van der Waals surface area contributed by atoms with E-state index in [0.29, 0.717) is 24.4 Å². The summed E-state index contributed by atoms with van der Waals surface area (Å²) in [6, 6.07) is 6.00. The van der Waals surface area contributed by atoms with E-state index in [2.05, 4.69) is 21.6 Å². The Labute approximate surface area is 189 Å².